The number of rotatable bonds is 2. The van der Waals surface area contributed by atoms with Gasteiger partial charge in [-0.1, -0.05) is 15.9 Å². The molecule has 1 aromatic carbocycles. The number of nitrogens with zero attached hydrogens (tertiary/aromatic N) is 1. The van der Waals surface area contributed by atoms with Crippen molar-refractivity contribution in [1.29, 1.82) is 0 Å². The lowest BCUT2D eigenvalue weighted by Gasteiger charge is -2.35. The van der Waals surface area contributed by atoms with Gasteiger partial charge in [0.25, 0.3) is 0 Å². The molecule has 1 fully saturated rings. The molecule has 1 heterocycles. The third kappa shape index (κ3) is 3.25. The van der Waals surface area contributed by atoms with E-state index in [0.29, 0.717) is 6.04 Å². The van der Waals surface area contributed by atoms with E-state index in [0.717, 1.165) is 26.5 Å². The number of nitrogens with one attached hydrogen (secondary N) is 1. The second kappa shape index (κ2) is 6.04. The van der Waals surface area contributed by atoms with Crippen LogP contribution in [0, 0.1) is 0 Å². The van der Waals surface area contributed by atoms with Gasteiger partial charge < -0.3 is 10.2 Å². The molecule has 1 unspecified atom stereocenters. The summed E-state index contributed by atoms with van der Waals surface area (Å²) in [6.45, 7) is 2.19. The van der Waals surface area contributed by atoms with Crippen molar-refractivity contribution < 1.29 is 0 Å². The fraction of sp³-hybridized carbons (Fsp3) is 0.500. The lowest BCUT2D eigenvalue weighted by Crippen LogP contribution is -2.44. The molecule has 0 aromatic heterocycles. The predicted octanol–water partition coefficient (Wildman–Crippen LogP) is 4.16. The smallest absolute Gasteiger partial charge is 0.0656 e. The van der Waals surface area contributed by atoms with Crippen molar-refractivity contribution in [2.24, 2.45) is 0 Å². The van der Waals surface area contributed by atoms with Gasteiger partial charge in [0.15, 0.2) is 0 Å². The SMILES string of the molecule is CNC1CCCN(c2c(Br)cc(Br)cc2Br)C1. The fourth-order valence-electron chi connectivity index (χ4n) is 2.25. The zero-order chi connectivity index (χ0) is 12.4. The number of likely N-dealkylation sites (N-methyl/N-ethyl adjacent to an activating group) is 1. The second-order valence-corrected chi connectivity index (χ2v) is 6.92. The molecule has 1 aromatic rings. The second-order valence-electron chi connectivity index (χ2n) is 4.29. The highest BCUT2D eigenvalue weighted by atomic mass is 79.9. The topological polar surface area (TPSA) is 15.3 Å². The number of benzene rings is 1. The Morgan fingerprint density at radius 3 is 2.47 bits per heavy atom. The van der Waals surface area contributed by atoms with E-state index in [4.69, 9.17) is 0 Å². The van der Waals surface area contributed by atoms with Crippen LogP contribution in [0.2, 0.25) is 0 Å². The zero-order valence-electron chi connectivity index (χ0n) is 9.64. The minimum atomic E-state index is 0.589. The van der Waals surface area contributed by atoms with Crippen molar-refractivity contribution in [3.05, 3.63) is 25.6 Å². The van der Waals surface area contributed by atoms with E-state index >= 15 is 0 Å². The minimum Gasteiger partial charge on any atom is -0.368 e. The molecule has 1 N–H and O–H groups in total. The van der Waals surface area contributed by atoms with E-state index in [2.05, 4.69) is 70.1 Å². The minimum absolute atomic E-state index is 0.589. The largest absolute Gasteiger partial charge is 0.368 e. The predicted molar refractivity (Wildman–Crippen MR) is 83.8 cm³/mol. The summed E-state index contributed by atoms with van der Waals surface area (Å²) in [5.41, 5.74) is 1.26. The number of anilines is 1. The van der Waals surface area contributed by atoms with Gasteiger partial charge in [0.05, 0.1) is 5.69 Å². The Kier molecular flexibility index (Phi) is 4.92. The van der Waals surface area contributed by atoms with Gasteiger partial charge in [-0.25, -0.2) is 0 Å². The van der Waals surface area contributed by atoms with Gasteiger partial charge in [0.2, 0.25) is 0 Å². The quantitative estimate of drug-likeness (QED) is 0.763. The molecule has 2 rings (SSSR count). The molecule has 1 saturated heterocycles. The first kappa shape index (κ1) is 13.8. The summed E-state index contributed by atoms with van der Waals surface area (Å²) in [7, 11) is 2.04. The maximum absolute atomic E-state index is 3.65. The summed E-state index contributed by atoms with van der Waals surface area (Å²) in [6, 6.07) is 4.79. The first-order valence-electron chi connectivity index (χ1n) is 5.68. The van der Waals surface area contributed by atoms with Crippen LogP contribution in [0.4, 0.5) is 5.69 Å². The van der Waals surface area contributed by atoms with E-state index in [1.165, 1.54) is 18.5 Å². The number of piperidine rings is 1. The molecule has 0 radical (unpaired) electrons. The summed E-state index contributed by atoms with van der Waals surface area (Å²) in [5.74, 6) is 0. The molecule has 0 amide bonds. The Labute approximate surface area is 128 Å². The summed E-state index contributed by atoms with van der Waals surface area (Å²) in [5, 5.41) is 3.37. The molecule has 1 atom stereocenters. The van der Waals surface area contributed by atoms with E-state index < -0.39 is 0 Å². The summed E-state index contributed by atoms with van der Waals surface area (Å²) >= 11 is 10.8. The van der Waals surface area contributed by atoms with Crippen LogP contribution in [-0.2, 0) is 0 Å². The van der Waals surface area contributed by atoms with Gasteiger partial charge in [-0.3, -0.25) is 0 Å². The third-order valence-electron chi connectivity index (χ3n) is 3.13. The summed E-state index contributed by atoms with van der Waals surface area (Å²) in [4.78, 5) is 2.44. The van der Waals surface area contributed by atoms with Gasteiger partial charge in [-0.05, 0) is 63.9 Å². The summed E-state index contributed by atoms with van der Waals surface area (Å²) in [6.07, 6.45) is 2.50. The Morgan fingerprint density at radius 2 is 1.88 bits per heavy atom. The molecule has 5 heteroatoms. The first-order valence-corrected chi connectivity index (χ1v) is 8.06. The van der Waals surface area contributed by atoms with E-state index in [-0.39, 0.29) is 0 Å². The average molecular weight is 427 g/mol. The van der Waals surface area contributed by atoms with Crippen LogP contribution in [0.15, 0.2) is 25.6 Å². The molecule has 1 aliphatic heterocycles. The van der Waals surface area contributed by atoms with Gasteiger partial charge in [-0.15, -0.1) is 0 Å². The number of hydrogen-bond acceptors (Lipinski definition) is 2. The molecular formula is C12H15Br3N2. The monoisotopic (exact) mass is 424 g/mol. The van der Waals surface area contributed by atoms with Crippen molar-refractivity contribution in [3.8, 4) is 0 Å². The van der Waals surface area contributed by atoms with Gasteiger partial charge in [0.1, 0.15) is 0 Å². The van der Waals surface area contributed by atoms with E-state index in [1.807, 2.05) is 7.05 Å². The van der Waals surface area contributed by atoms with Crippen LogP contribution in [0.3, 0.4) is 0 Å². The van der Waals surface area contributed by atoms with Gasteiger partial charge >= 0.3 is 0 Å². The number of halogens is 3. The molecule has 0 saturated carbocycles. The normalized spacial score (nSPS) is 20.7. The maximum Gasteiger partial charge on any atom is 0.0656 e. The molecule has 0 aliphatic carbocycles. The highest BCUT2D eigenvalue weighted by Gasteiger charge is 2.22. The van der Waals surface area contributed by atoms with E-state index in [1.54, 1.807) is 0 Å². The van der Waals surface area contributed by atoms with Crippen LogP contribution in [0.5, 0.6) is 0 Å². The summed E-state index contributed by atoms with van der Waals surface area (Å²) < 4.78 is 3.35. The highest BCUT2D eigenvalue weighted by molar-refractivity contribution is 9.11. The van der Waals surface area contributed by atoms with Crippen molar-refractivity contribution in [1.82, 2.24) is 5.32 Å². The van der Waals surface area contributed by atoms with Crippen molar-refractivity contribution >= 4 is 53.5 Å². The highest BCUT2D eigenvalue weighted by Crippen LogP contribution is 2.38. The molecule has 17 heavy (non-hydrogen) atoms. The van der Waals surface area contributed by atoms with Crippen LogP contribution in [-0.4, -0.2) is 26.2 Å². The Bertz CT molecular complexity index is 386. The van der Waals surface area contributed by atoms with Gasteiger partial charge in [0, 0.05) is 32.5 Å². The zero-order valence-corrected chi connectivity index (χ0v) is 14.4. The maximum atomic E-state index is 3.65. The van der Waals surface area contributed by atoms with Crippen LogP contribution in [0.1, 0.15) is 12.8 Å². The molecule has 1 aliphatic rings. The molecule has 94 valence electrons. The molecule has 0 bridgehead atoms. The van der Waals surface area contributed by atoms with Crippen molar-refractivity contribution in [3.63, 3.8) is 0 Å². The van der Waals surface area contributed by atoms with E-state index in [9.17, 15) is 0 Å². The standard InChI is InChI=1S/C12H15Br3N2/c1-16-9-3-2-4-17(7-9)12-10(14)5-8(13)6-11(12)15/h5-6,9,16H,2-4,7H2,1H3. The Hall–Kier alpha value is 0.420. The van der Waals surface area contributed by atoms with Crippen molar-refractivity contribution in [2.45, 2.75) is 18.9 Å². The van der Waals surface area contributed by atoms with Crippen molar-refractivity contribution in [2.75, 3.05) is 25.0 Å². The Balaban J connectivity index is 2.27. The third-order valence-corrected chi connectivity index (χ3v) is 4.79. The number of hydrogen-bond donors (Lipinski definition) is 1. The lowest BCUT2D eigenvalue weighted by molar-refractivity contribution is 0.449. The molecule has 2 nitrogen and oxygen atoms in total. The van der Waals surface area contributed by atoms with Crippen LogP contribution >= 0.6 is 47.8 Å². The average Bonchev–Trinajstić information content (AvgIpc) is 2.28. The molecule has 0 spiro atoms. The van der Waals surface area contributed by atoms with Gasteiger partial charge in [-0.2, -0.15) is 0 Å². The lowest BCUT2D eigenvalue weighted by atomic mass is 10.1. The van der Waals surface area contributed by atoms with Crippen LogP contribution in [0.25, 0.3) is 0 Å². The Morgan fingerprint density at radius 1 is 1.24 bits per heavy atom. The fourth-order valence-corrected chi connectivity index (χ4v) is 5.01. The molecular weight excluding hydrogens is 412 g/mol. The van der Waals surface area contributed by atoms with Crippen LogP contribution < -0.4 is 10.2 Å². The first-order chi connectivity index (χ1) is 8.11.